The molecule has 102 valence electrons. The highest BCUT2D eigenvalue weighted by Gasteiger charge is 2.48. The van der Waals surface area contributed by atoms with Gasteiger partial charge in [0.2, 0.25) is 5.91 Å². The molecule has 3 atom stereocenters. The molecule has 2 rings (SSSR count). The molecule has 0 saturated heterocycles. The minimum absolute atomic E-state index is 0.212. The highest BCUT2D eigenvalue weighted by molar-refractivity contribution is 7.10. The summed E-state index contributed by atoms with van der Waals surface area (Å²) < 4.78 is 0. The number of carboxylic acids is 2. The van der Waals surface area contributed by atoms with Crippen molar-refractivity contribution in [1.82, 2.24) is 5.32 Å². The van der Waals surface area contributed by atoms with Gasteiger partial charge in [0.25, 0.3) is 0 Å². The molecule has 6 nitrogen and oxygen atoms in total. The number of carbonyl (C=O) groups is 3. The molecule has 1 aliphatic rings. The van der Waals surface area contributed by atoms with Crippen LogP contribution >= 0.6 is 11.3 Å². The second kappa shape index (κ2) is 5.40. The smallest absolute Gasteiger partial charge is 0.307 e. The molecule has 19 heavy (non-hydrogen) atoms. The third kappa shape index (κ3) is 3.31. The number of nitrogens with one attached hydrogen (secondary N) is 1. The third-order valence-corrected chi connectivity index (χ3v) is 4.01. The molecule has 1 aromatic heterocycles. The number of amides is 1. The first-order chi connectivity index (χ1) is 8.99. The molecule has 1 saturated carbocycles. The summed E-state index contributed by atoms with van der Waals surface area (Å²) in [7, 11) is 0. The van der Waals surface area contributed by atoms with Gasteiger partial charge in [0.1, 0.15) is 0 Å². The fourth-order valence-corrected chi connectivity index (χ4v) is 2.70. The maximum Gasteiger partial charge on any atom is 0.307 e. The van der Waals surface area contributed by atoms with Crippen LogP contribution in [0.1, 0.15) is 23.8 Å². The van der Waals surface area contributed by atoms with E-state index < -0.39 is 29.8 Å². The topological polar surface area (TPSA) is 104 Å². The molecule has 1 heterocycles. The maximum atomic E-state index is 11.8. The van der Waals surface area contributed by atoms with E-state index in [0.717, 1.165) is 4.88 Å². The van der Waals surface area contributed by atoms with E-state index in [4.69, 9.17) is 10.2 Å². The van der Waals surface area contributed by atoms with Crippen LogP contribution in [0.4, 0.5) is 0 Å². The van der Waals surface area contributed by atoms with Gasteiger partial charge in [0, 0.05) is 4.88 Å². The maximum absolute atomic E-state index is 11.8. The van der Waals surface area contributed by atoms with E-state index in [9.17, 15) is 14.4 Å². The van der Waals surface area contributed by atoms with Crippen molar-refractivity contribution in [1.29, 1.82) is 0 Å². The standard InChI is InChI=1S/C12H13NO5S/c14-10(15)5-8(9-2-1-3-19-9)13-11(16)6-4-7(6)12(17)18/h1-3,6-8H,4-5H2,(H,13,16)(H,14,15)(H,17,18)/t6-,7+,8?/m1/s1. The summed E-state index contributed by atoms with van der Waals surface area (Å²) in [6.07, 6.45) is 0.113. The Kier molecular flexibility index (Phi) is 3.84. The number of aliphatic carboxylic acids is 2. The second-order valence-electron chi connectivity index (χ2n) is 4.46. The second-order valence-corrected chi connectivity index (χ2v) is 5.44. The first-order valence-corrected chi connectivity index (χ1v) is 6.65. The Morgan fingerprint density at radius 2 is 2.11 bits per heavy atom. The van der Waals surface area contributed by atoms with Gasteiger partial charge in [0.15, 0.2) is 0 Å². The predicted octanol–water partition coefficient (Wildman–Crippen LogP) is 1.10. The zero-order valence-corrected chi connectivity index (χ0v) is 10.7. The minimum atomic E-state index is -1.01. The van der Waals surface area contributed by atoms with Crippen LogP contribution in [0.5, 0.6) is 0 Å². The molecule has 1 unspecified atom stereocenters. The lowest BCUT2D eigenvalue weighted by Crippen LogP contribution is -2.31. The Hall–Kier alpha value is -1.89. The molecular formula is C12H13NO5S. The van der Waals surface area contributed by atoms with E-state index in [2.05, 4.69) is 5.32 Å². The lowest BCUT2D eigenvalue weighted by Gasteiger charge is -2.15. The zero-order chi connectivity index (χ0) is 14.0. The molecule has 0 aromatic carbocycles. The van der Waals surface area contributed by atoms with Crippen LogP contribution < -0.4 is 5.32 Å². The average Bonchev–Trinajstić information content (AvgIpc) is 2.95. The zero-order valence-electron chi connectivity index (χ0n) is 9.91. The van der Waals surface area contributed by atoms with Crippen LogP contribution in [0.3, 0.4) is 0 Å². The summed E-state index contributed by atoms with van der Waals surface area (Å²) in [5.41, 5.74) is 0. The van der Waals surface area contributed by atoms with E-state index in [0.29, 0.717) is 6.42 Å². The summed E-state index contributed by atoms with van der Waals surface area (Å²) in [5.74, 6) is -3.54. The Labute approximate surface area is 113 Å². The van der Waals surface area contributed by atoms with Gasteiger partial charge >= 0.3 is 11.9 Å². The lowest BCUT2D eigenvalue weighted by molar-refractivity contribution is -0.141. The summed E-state index contributed by atoms with van der Waals surface area (Å²) in [4.78, 5) is 34.1. The number of carboxylic acid groups (broad SMARTS) is 2. The molecule has 7 heteroatoms. The van der Waals surface area contributed by atoms with E-state index >= 15 is 0 Å². The average molecular weight is 283 g/mol. The van der Waals surface area contributed by atoms with Crippen LogP contribution in [0.25, 0.3) is 0 Å². The molecule has 1 aromatic rings. The Balaban J connectivity index is 1.99. The van der Waals surface area contributed by atoms with E-state index in [1.807, 2.05) is 0 Å². The summed E-state index contributed by atoms with van der Waals surface area (Å²) >= 11 is 1.36. The number of hydrogen-bond acceptors (Lipinski definition) is 4. The van der Waals surface area contributed by atoms with Gasteiger partial charge in [-0.2, -0.15) is 0 Å². The number of rotatable bonds is 6. The van der Waals surface area contributed by atoms with Crippen LogP contribution in [0, 0.1) is 11.8 Å². The van der Waals surface area contributed by atoms with Gasteiger partial charge in [-0.15, -0.1) is 11.3 Å². The van der Waals surface area contributed by atoms with Crippen molar-refractivity contribution in [3.63, 3.8) is 0 Å². The number of carbonyl (C=O) groups excluding carboxylic acids is 1. The van der Waals surface area contributed by atoms with E-state index in [1.165, 1.54) is 11.3 Å². The first kappa shape index (κ1) is 13.5. The molecule has 0 radical (unpaired) electrons. The van der Waals surface area contributed by atoms with Crippen molar-refractivity contribution in [3.05, 3.63) is 22.4 Å². The van der Waals surface area contributed by atoms with Crippen LogP contribution in [0.2, 0.25) is 0 Å². The Morgan fingerprint density at radius 1 is 1.37 bits per heavy atom. The van der Waals surface area contributed by atoms with Crippen LogP contribution in [-0.2, 0) is 14.4 Å². The SMILES string of the molecule is O=C(O)CC(NC(=O)[C@@H]1C[C@@H]1C(=O)O)c1cccs1. The molecule has 0 aliphatic heterocycles. The highest BCUT2D eigenvalue weighted by atomic mass is 32.1. The number of thiophene rings is 1. The molecular weight excluding hydrogens is 270 g/mol. The fraction of sp³-hybridized carbons (Fsp3) is 0.417. The van der Waals surface area contributed by atoms with Gasteiger partial charge in [-0.1, -0.05) is 6.07 Å². The largest absolute Gasteiger partial charge is 0.481 e. The van der Waals surface area contributed by atoms with E-state index in [1.54, 1.807) is 17.5 Å². The summed E-state index contributed by atoms with van der Waals surface area (Å²) in [5, 5.41) is 22.0. The van der Waals surface area contributed by atoms with Crippen molar-refractivity contribution in [2.75, 3.05) is 0 Å². The third-order valence-electron chi connectivity index (χ3n) is 3.03. The van der Waals surface area contributed by atoms with Crippen molar-refractivity contribution < 1.29 is 24.6 Å². The molecule has 1 fully saturated rings. The predicted molar refractivity (Wildman–Crippen MR) is 66.7 cm³/mol. The summed E-state index contributed by atoms with van der Waals surface area (Å²) in [6, 6.07) is 2.93. The Morgan fingerprint density at radius 3 is 2.58 bits per heavy atom. The van der Waals surface area contributed by atoms with Crippen molar-refractivity contribution in [2.45, 2.75) is 18.9 Å². The van der Waals surface area contributed by atoms with Gasteiger partial charge < -0.3 is 15.5 Å². The van der Waals surface area contributed by atoms with Gasteiger partial charge in [-0.3, -0.25) is 14.4 Å². The first-order valence-electron chi connectivity index (χ1n) is 5.77. The Bertz CT molecular complexity index is 498. The fourth-order valence-electron chi connectivity index (χ4n) is 1.92. The molecule has 0 spiro atoms. The van der Waals surface area contributed by atoms with Gasteiger partial charge in [-0.25, -0.2) is 0 Å². The molecule has 1 amide bonds. The lowest BCUT2D eigenvalue weighted by atomic mass is 10.1. The van der Waals surface area contributed by atoms with Gasteiger partial charge in [0.05, 0.1) is 24.3 Å². The highest BCUT2D eigenvalue weighted by Crippen LogP contribution is 2.39. The quantitative estimate of drug-likeness (QED) is 0.725. The molecule has 3 N–H and O–H groups in total. The van der Waals surface area contributed by atoms with Crippen molar-refractivity contribution >= 4 is 29.2 Å². The van der Waals surface area contributed by atoms with Crippen LogP contribution in [0.15, 0.2) is 17.5 Å². The molecule has 1 aliphatic carbocycles. The summed E-state index contributed by atoms with van der Waals surface area (Å²) in [6.45, 7) is 0. The van der Waals surface area contributed by atoms with Gasteiger partial charge in [-0.05, 0) is 17.9 Å². The minimum Gasteiger partial charge on any atom is -0.481 e. The monoisotopic (exact) mass is 283 g/mol. The van der Waals surface area contributed by atoms with Crippen molar-refractivity contribution in [3.8, 4) is 0 Å². The molecule has 0 bridgehead atoms. The van der Waals surface area contributed by atoms with Crippen LogP contribution in [-0.4, -0.2) is 28.1 Å². The van der Waals surface area contributed by atoms with Crippen molar-refractivity contribution in [2.24, 2.45) is 11.8 Å². The number of hydrogen-bond donors (Lipinski definition) is 3. The van der Waals surface area contributed by atoms with E-state index in [-0.39, 0.29) is 12.3 Å². The normalized spacial score (nSPS) is 22.5.